The number of phosphoric acid groups is 1. The molecule has 1 unspecified atom stereocenters. The minimum absolute atomic E-state index is 0.0175. The number of aliphatic hydroxyl groups is 1. The molecule has 12 heteroatoms. The molecule has 2 saturated heterocycles. The van der Waals surface area contributed by atoms with Gasteiger partial charge in [-0.15, -0.1) is 0 Å². The number of nitrogens with zero attached hydrogens (tertiary/aromatic N) is 2. The molecular formula is C24H45N2O9P. The Bertz CT molecular complexity index is 726. The van der Waals surface area contributed by atoms with Crippen molar-refractivity contribution < 1.29 is 42.7 Å². The smallest absolute Gasteiger partial charge is 0.391 e. The summed E-state index contributed by atoms with van der Waals surface area (Å²) in [6, 6.07) is -0.535. The lowest BCUT2D eigenvalue weighted by Gasteiger charge is -2.25. The molecule has 2 rings (SSSR count). The van der Waals surface area contributed by atoms with Gasteiger partial charge in [-0.2, -0.15) is 0 Å². The van der Waals surface area contributed by atoms with Crippen LogP contribution < -0.4 is 0 Å². The normalized spacial score (nSPS) is 25.9. The molecule has 0 aromatic rings. The fourth-order valence-electron chi connectivity index (χ4n) is 4.95. The molecule has 2 amide bonds. The summed E-state index contributed by atoms with van der Waals surface area (Å²) >= 11 is 0. The van der Waals surface area contributed by atoms with Crippen LogP contribution in [-0.4, -0.2) is 103 Å². The fraction of sp³-hybridized carbons (Fsp3) is 0.917. The molecule has 2 aliphatic heterocycles. The van der Waals surface area contributed by atoms with Crippen LogP contribution in [-0.2, 0) is 32.7 Å². The summed E-state index contributed by atoms with van der Waals surface area (Å²) in [6.45, 7) is 3.44. The Morgan fingerprint density at radius 2 is 1.50 bits per heavy atom. The highest BCUT2D eigenvalue weighted by Crippen LogP contribution is 2.47. The first kappa shape index (κ1) is 31.1. The maximum absolute atomic E-state index is 12.7. The van der Waals surface area contributed by atoms with Crippen molar-refractivity contribution in [2.45, 2.75) is 95.4 Å². The summed E-state index contributed by atoms with van der Waals surface area (Å²) in [4.78, 5) is 39.0. The van der Waals surface area contributed by atoms with Crippen LogP contribution in [0.25, 0.3) is 0 Å². The van der Waals surface area contributed by atoms with Gasteiger partial charge < -0.3 is 29.3 Å². The van der Waals surface area contributed by atoms with Gasteiger partial charge in [0.2, 0.25) is 11.8 Å². The van der Waals surface area contributed by atoms with Crippen molar-refractivity contribution in [1.29, 1.82) is 0 Å². The van der Waals surface area contributed by atoms with E-state index in [0.29, 0.717) is 38.9 Å². The van der Waals surface area contributed by atoms with Gasteiger partial charge in [-0.25, -0.2) is 4.57 Å². The highest BCUT2D eigenvalue weighted by molar-refractivity contribution is 7.47. The molecule has 2 heterocycles. The monoisotopic (exact) mass is 536 g/mol. The molecular weight excluding hydrogens is 491 g/mol. The molecule has 0 aliphatic carbocycles. The number of carbonyl (C=O) groups excluding carboxylic acids is 2. The van der Waals surface area contributed by atoms with Crippen molar-refractivity contribution in [1.82, 2.24) is 9.80 Å². The average Bonchev–Trinajstić information content (AvgIpc) is 3.40. The van der Waals surface area contributed by atoms with E-state index in [2.05, 4.69) is 0 Å². The predicted octanol–water partition coefficient (Wildman–Crippen LogP) is 2.48. The Labute approximate surface area is 215 Å². The van der Waals surface area contributed by atoms with Gasteiger partial charge in [0.25, 0.3) is 0 Å². The molecule has 2 fully saturated rings. The standard InChI is InChI=1S/C24H45N2O9P/c1-4-9-19-15-22(17-26(19)24(29)11-6-8-13-33-3)35-36(30,31)34-18-20-14-21(27)16-25(20)23(28)10-5-7-12-32-2/h19-22,27H,4-18H2,1-3H3,(H,30,31)/t19-,20+,21-,22-/m1/s1. The number of hydrogen-bond donors (Lipinski definition) is 2. The predicted molar refractivity (Wildman–Crippen MR) is 133 cm³/mol. The van der Waals surface area contributed by atoms with Gasteiger partial charge in [-0.3, -0.25) is 18.6 Å². The Hall–Kier alpha value is -1.07. The highest BCUT2D eigenvalue weighted by atomic mass is 31.2. The quantitative estimate of drug-likeness (QED) is 0.212. The second-order valence-corrected chi connectivity index (χ2v) is 11.1. The van der Waals surface area contributed by atoms with E-state index in [0.717, 1.165) is 32.1 Å². The van der Waals surface area contributed by atoms with E-state index < -0.39 is 26.1 Å². The van der Waals surface area contributed by atoms with Gasteiger partial charge in [0.1, 0.15) is 0 Å². The number of ether oxygens (including phenoxy) is 2. The number of amides is 2. The van der Waals surface area contributed by atoms with Crippen LogP contribution >= 0.6 is 7.82 Å². The van der Waals surface area contributed by atoms with Gasteiger partial charge in [-0.05, 0) is 44.9 Å². The van der Waals surface area contributed by atoms with E-state index in [9.17, 15) is 24.2 Å². The third-order valence-corrected chi connectivity index (χ3v) is 7.76. The van der Waals surface area contributed by atoms with E-state index >= 15 is 0 Å². The van der Waals surface area contributed by atoms with Crippen LogP contribution in [0.1, 0.15) is 71.1 Å². The van der Waals surface area contributed by atoms with Crippen molar-refractivity contribution >= 4 is 19.6 Å². The maximum Gasteiger partial charge on any atom is 0.472 e. The Balaban J connectivity index is 1.86. The molecule has 2 N–H and O–H groups in total. The number of β-amino-alcohol motifs (C(OH)–C–C–N with tert-alkyl or cyclic N) is 1. The fourth-order valence-corrected chi connectivity index (χ4v) is 5.90. The zero-order chi connectivity index (χ0) is 26.6. The zero-order valence-corrected chi connectivity index (χ0v) is 22.9. The molecule has 0 radical (unpaired) electrons. The summed E-state index contributed by atoms with van der Waals surface area (Å²) in [5.41, 5.74) is 0. The van der Waals surface area contributed by atoms with E-state index in [1.165, 1.54) is 4.90 Å². The number of methoxy groups -OCH3 is 2. The number of hydrogen-bond acceptors (Lipinski definition) is 8. The number of aliphatic hydroxyl groups excluding tert-OH is 1. The number of rotatable bonds is 17. The summed E-state index contributed by atoms with van der Waals surface area (Å²) in [5.74, 6) is -0.105. The van der Waals surface area contributed by atoms with Gasteiger partial charge >= 0.3 is 7.82 Å². The van der Waals surface area contributed by atoms with Crippen molar-refractivity contribution in [3.05, 3.63) is 0 Å². The number of carbonyl (C=O) groups is 2. The molecule has 0 saturated carbocycles. The first-order valence-corrected chi connectivity index (χ1v) is 14.6. The van der Waals surface area contributed by atoms with E-state index in [1.807, 2.05) is 6.92 Å². The van der Waals surface area contributed by atoms with Crippen LogP contribution in [0.15, 0.2) is 0 Å². The second kappa shape index (κ2) is 16.0. The van der Waals surface area contributed by atoms with Crippen LogP contribution in [0.5, 0.6) is 0 Å². The largest absolute Gasteiger partial charge is 0.472 e. The SMILES string of the molecule is CCC[C@@H]1C[C@@H](OP(=O)(O)OC[C@@H]2C[C@@H](O)CN2C(=O)CCCCOC)CN1C(=O)CCCCOC. The lowest BCUT2D eigenvalue weighted by molar-refractivity contribution is -0.133. The van der Waals surface area contributed by atoms with E-state index in [-0.39, 0.29) is 44.0 Å². The lowest BCUT2D eigenvalue weighted by atomic mass is 10.1. The topological polar surface area (TPSA) is 135 Å². The summed E-state index contributed by atoms with van der Waals surface area (Å²) in [6.07, 6.45) is 4.79. The van der Waals surface area contributed by atoms with Crippen molar-refractivity contribution in [2.24, 2.45) is 0 Å². The van der Waals surface area contributed by atoms with E-state index in [4.69, 9.17) is 18.5 Å². The second-order valence-electron chi connectivity index (χ2n) is 9.71. The van der Waals surface area contributed by atoms with Crippen LogP contribution in [0.3, 0.4) is 0 Å². The Morgan fingerprint density at radius 3 is 2.06 bits per heavy atom. The van der Waals surface area contributed by atoms with Crippen LogP contribution in [0.2, 0.25) is 0 Å². The van der Waals surface area contributed by atoms with Crippen molar-refractivity contribution in [2.75, 3.05) is 47.1 Å². The number of phosphoric ester groups is 1. The molecule has 0 aromatic carbocycles. The third-order valence-electron chi connectivity index (χ3n) is 6.72. The molecule has 5 atom stereocenters. The lowest BCUT2D eigenvalue weighted by Crippen LogP contribution is -2.38. The van der Waals surface area contributed by atoms with Gasteiger partial charge in [-0.1, -0.05) is 13.3 Å². The summed E-state index contributed by atoms with van der Waals surface area (Å²) < 4.78 is 33.5. The van der Waals surface area contributed by atoms with Gasteiger partial charge in [0.15, 0.2) is 0 Å². The first-order valence-electron chi connectivity index (χ1n) is 13.1. The number of unbranched alkanes of at least 4 members (excludes halogenated alkanes) is 2. The molecule has 0 aromatic heterocycles. The summed E-state index contributed by atoms with van der Waals surface area (Å²) in [5, 5.41) is 10.1. The first-order chi connectivity index (χ1) is 17.2. The maximum atomic E-state index is 12.7. The highest BCUT2D eigenvalue weighted by Gasteiger charge is 2.40. The minimum Gasteiger partial charge on any atom is -0.391 e. The zero-order valence-electron chi connectivity index (χ0n) is 22.0. The average molecular weight is 537 g/mol. The van der Waals surface area contributed by atoms with Crippen molar-refractivity contribution in [3.8, 4) is 0 Å². The van der Waals surface area contributed by atoms with E-state index in [1.54, 1.807) is 19.1 Å². The Morgan fingerprint density at radius 1 is 0.917 bits per heavy atom. The van der Waals surface area contributed by atoms with Crippen LogP contribution in [0.4, 0.5) is 0 Å². The van der Waals surface area contributed by atoms with Crippen molar-refractivity contribution in [3.63, 3.8) is 0 Å². The molecule has 2 aliphatic rings. The summed E-state index contributed by atoms with van der Waals surface area (Å²) in [7, 11) is -1.19. The van der Waals surface area contributed by atoms with Crippen LogP contribution in [0, 0.1) is 0 Å². The molecule has 11 nitrogen and oxygen atoms in total. The molecule has 210 valence electrons. The third kappa shape index (κ3) is 10.4. The van der Waals surface area contributed by atoms with Gasteiger partial charge in [0.05, 0.1) is 24.9 Å². The Kier molecular flexibility index (Phi) is 13.9. The molecule has 0 bridgehead atoms. The van der Waals surface area contributed by atoms with Gasteiger partial charge in [0, 0.05) is 59.4 Å². The number of likely N-dealkylation sites (tertiary alicyclic amines) is 2. The molecule has 36 heavy (non-hydrogen) atoms. The minimum atomic E-state index is -4.42. The molecule has 0 spiro atoms.